The fourth-order valence-electron chi connectivity index (χ4n) is 22.5. The van der Waals surface area contributed by atoms with E-state index in [9.17, 15) is 24.0 Å². The number of ether oxygens (including phenoxy) is 4. The number of halogens is 1. The van der Waals surface area contributed by atoms with Gasteiger partial charge in [-0.25, -0.2) is 14.8 Å². The van der Waals surface area contributed by atoms with E-state index < -0.39 is 28.2 Å². The van der Waals surface area contributed by atoms with Crippen LogP contribution in [0.1, 0.15) is 284 Å². The first-order valence-corrected chi connectivity index (χ1v) is 48.1. The molecule has 0 bridgehead atoms. The molecule has 4 unspecified atom stereocenters. The Labute approximate surface area is 760 Å². The van der Waals surface area contributed by atoms with E-state index in [0.717, 1.165) is 188 Å². The molecule has 12 aliphatic carbocycles. The number of carbonyl (C=O) groups is 5. The fraction of sp³-hybridized carbons (Fsp3) is 0.608. The van der Waals surface area contributed by atoms with Crippen LogP contribution in [0.3, 0.4) is 0 Å². The molecule has 8 N–H and O–H groups in total. The van der Waals surface area contributed by atoms with Crippen molar-refractivity contribution in [2.45, 2.75) is 310 Å². The number of hydrogen-bond acceptors (Lipinski definition) is 15. The molecule has 4 aromatic carbocycles. The van der Waals surface area contributed by atoms with Gasteiger partial charge in [0.1, 0.15) is 0 Å². The lowest BCUT2D eigenvalue weighted by atomic mass is 9.61. The van der Waals surface area contributed by atoms with Gasteiger partial charge in [0, 0.05) is 117 Å². The van der Waals surface area contributed by atoms with Crippen molar-refractivity contribution in [1.82, 2.24) is 31.1 Å². The Morgan fingerprint density at radius 3 is 1.03 bits per heavy atom. The monoisotopic (exact) mass is 1830 g/mol. The Morgan fingerprint density at radius 1 is 0.444 bits per heavy atom. The van der Waals surface area contributed by atoms with Gasteiger partial charge in [-0.1, -0.05) is 141 Å². The van der Waals surface area contributed by atoms with Gasteiger partial charge in [0.2, 0.25) is 0 Å². The molecule has 2 saturated heterocycles. The molecule has 124 heavy (non-hydrogen) atoms. The van der Waals surface area contributed by atoms with Crippen molar-refractivity contribution < 1.29 is 42.9 Å². The van der Waals surface area contributed by atoms with Gasteiger partial charge in [0.15, 0.2) is 38.4 Å². The van der Waals surface area contributed by atoms with Crippen molar-refractivity contribution >= 4 is 92.5 Å². The molecule has 0 aromatic heterocycles. The summed E-state index contributed by atoms with van der Waals surface area (Å²) in [6.07, 6.45) is 29.2. The maximum atomic E-state index is 14.5. The maximum absolute atomic E-state index is 14.5. The Kier molecular flexibility index (Phi) is 27.8. The minimum Gasteiger partial charge on any atom is -0.381 e. The number of urea groups is 1. The molecule has 4 aliphatic heterocycles. The number of imide groups is 1. The van der Waals surface area contributed by atoms with E-state index in [1.54, 1.807) is 38.0 Å². The third kappa shape index (κ3) is 17.2. The Morgan fingerprint density at radius 2 is 0.742 bits per heavy atom. The zero-order chi connectivity index (χ0) is 87.3. The first-order valence-electron chi connectivity index (χ1n) is 45.5. The van der Waals surface area contributed by atoms with E-state index in [1.165, 1.54) is 75.1 Å². The zero-order valence-electron chi connectivity index (χ0n) is 74.5. The highest BCUT2D eigenvalue weighted by atomic mass is 127. The van der Waals surface area contributed by atoms with Crippen LogP contribution in [0.25, 0.3) is 0 Å². The van der Waals surface area contributed by atoms with E-state index in [0.29, 0.717) is 40.0 Å². The summed E-state index contributed by atoms with van der Waals surface area (Å²) in [7, 11) is 8.62. The number of rotatable bonds is 7. The zero-order valence-corrected chi connectivity index (χ0v) is 78.3. The molecule has 8 spiro atoms. The van der Waals surface area contributed by atoms with Crippen LogP contribution in [0.15, 0.2) is 82.8 Å². The molecule has 8 saturated carbocycles. The highest BCUT2D eigenvalue weighted by molar-refractivity contribution is 14.1. The summed E-state index contributed by atoms with van der Waals surface area (Å²) in [5, 5.41) is 13.5. The predicted octanol–water partition coefficient (Wildman–Crippen LogP) is 16.3. The van der Waals surface area contributed by atoms with E-state index >= 15 is 0 Å². The second-order valence-corrected chi connectivity index (χ2v) is 43.0. The van der Waals surface area contributed by atoms with Gasteiger partial charge >= 0.3 is 6.03 Å². The molecular formula is C102H131IN10O9S2. The molecule has 16 aliphatic rings. The highest BCUT2D eigenvalue weighted by Gasteiger charge is 2.71. The van der Waals surface area contributed by atoms with Crippen LogP contribution in [0.4, 0.5) is 4.79 Å². The van der Waals surface area contributed by atoms with Gasteiger partial charge < -0.3 is 46.4 Å². The quantitative estimate of drug-likeness (QED) is 0.0331. The standard InChI is InChI=1S/C28H36N2O2S.C25H31N3O2.C22H24N2O3.C22H24N2O2S.C3H7I.CH5N.CH4/c1-18(2)30-25(31)28(29-26(30)33-19(3)4)24-16-21(9-8-20-6-7-20)10-11-22(24)17-27(28)14-12-23(32-5)13-15-27;1-16(2)28-22(29)25(27-23(28)26)21-14-18(7-6-17-4-5-17)8-9-19(21)15-24(25)12-10-20(30-3)11-13-24;1-27-17-8-10-21(11-9-17)13-16-7-6-15(5-4-14-2-3-14)12-18(16)22(21)19(25)23-20(26)24-22;1-26-17-8-10-21(11-9-17)13-16-7-6-15(5-4-14-2-3-14)12-18(16)22(21)19(25)23-20(27)24-22;1-3(2)4;1-2;/h10-11,16,18-20,23H,6-7,12-15,17H2,1-5H3;8-9,14,16-17,20H,4-5,10-13,15H2,1-3H3,(H2,26,27);6-7,12,14,17H,2-3,8-11,13H2,1H3,(H2,23,24,25,26);6-7,12,14,17H,2-3,8-11,13H2,1H3,(H2,23,24,25,27);3H,1-2H3;2H2,1H3;1H4. The van der Waals surface area contributed by atoms with Gasteiger partial charge in [-0.2, -0.15) is 0 Å². The number of amidine groups is 1. The van der Waals surface area contributed by atoms with Crippen LogP contribution in [0, 0.1) is 92.7 Å². The predicted molar refractivity (Wildman–Crippen MR) is 505 cm³/mol. The van der Waals surface area contributed by atoms with E-state index in [-0.39, 0.29) is 89.2 Å². The average Bonchev–Trinajstić information content (AvgIpc) is 1.61. The molecule has 4 heterocycles. The Hall–Kier alpha value is -7.62. The number of alkyl halides is 1. The lowest BCUT2D eigenvalue weighted by molar-refractivity contribution is -0.140. The van der Waals surface area contributed by atoms with Crippen molar-refractivity contribution in [3.8, 4) is 47.4 Å². The number of nitrogens with one attached hydrogen (secondary N) is 4. The third-order valence-electron chi connectivity index (χ3n) is 29.3. The topological polar surface area (TPSA) is 254 Å². The van der Waals surface area contributed by atoms with Crippen molar-refractivity contribution in [2.75, 3.05) is 35.5 Å². The molecule has 10 fully saturated rings. The van der Waals surface area contributed by atoms with Gasteiger partial charge in [-0.05, 0) is 320 Å². The van der Waals surface area contributed by atoms with Crippen molar-refractivity contribution in [1.29, 1.82) is 0 Å². The molecule has 6 amide bonds. The molecule has 22 heteroatoms. The summed E-state index contributed by atoms with van der Waals surface area (Å²) in [4.78, 5) is 81.2. The smallest absolute Gasteiger partial charge is 0.322 e. The Bertz CT molecular complexity index is 4950. The van der Waals surface area contributed by atoms with Crippen LogP contribution >= 0.6 is 46.6 Å². The van der Waals surface area contributed by atoms with E-state index in [1.807, 2.05) is 31.9 Å². The molecule has 662 valence electrons. The Balaban J connectivity index is 0.000000132. The lowest BCUT2D eigenvalue weighted by Gasteiger charge is -2.46. The molecule has 4 aromatic rings. The first-order chi connectivity index (χ1) is 59.0. The minimum atomic E-state index is -0.977. The number of benzene rings is 4. The lowest BCUT2D eigenvalue weighted by Crippen LogP contribution is -2.56. The molecule has 20 rings (SSSR count). The van der Waals surface area contributed by atoms with Gasteiger partial charge in [0.05, 0.1) is 24.4 Å². The van der Waals surface area contributed by atoms with Crippen LogP contribution in [-0.4, -0.2) is 137 Å². The van der Waals surface area contributed by atoms with Crippen LogP contribution in [-0.2, 0) is 86.0 Å². The number of methoxy groups -OCH3 is 4. The van der Waals surface area contributed by atoms with Crippen LogP contribution in [0.2, 0.25) is 0 Å². The van der Waals surface area contributed by atoms with Crippen LogP contribution in [0.5, 0.6) is 0 Å². The highest BCUT2D eigenvalue weighted by Crippen LogP contribution is 2.66. The maximum Gasteiger partial charge on any atom is 0.322 e. The van der Waals surface area contributed by atoms with E-state index in [2.05, 4.69) is 205 Å². The summed E-state index contributed by atoms with van der Waals surface area (Å²) < 4.78 is 23.3. The SMILES string of the molecule is C.CC(C)I.CN.COC1CCC2(CC1)Cc1ccc(C#CC3CC3)cc1C21N=C(N)N(C(C)C)C1=O.COC1CCC2(CC1)Cc1ccc(C#CC3CC3)cc1C21N=C(SC(C)C)N(C(C)C)C1=O.COC1CCC2(CC1)Cc1ccc(C#CC3CC3)cc1C21NC(=O)NC1=O.COC1CCC2(CC1)Cc1ccc(C#CC3CC3)cc1C21NC(=S)NC1=O. The summed E-state index contributed by atoms with van der Waals surface area (Å²) in [5.74, 6) is 29.2. The molecule has 0 radical (unpaired) electrons. The second kappa shape index (κ2) is 37.2. The normalized spacial score (nSPS) is 31.3. The van der Waals surface area contributed by atoms with Gasteiger partial charge in [0.25, 0.3) is 23.6 Å². The number of guanidine groups is 1. The second-order valence-electron chi connectivity index (χ2n) is 38.6. The number of amides is 6. The summed E-state index contributed by atoms with van der Waals surface area (Å²) in [6.45, 7) is 16.9. The molecule has 19 nitrogen and oxygen atoms in total. The molecule has 4 atom stereocenters. The number of thioether (sulfide) groups is 1. The number of carbonyl (C=O) groups excluding carboxylic acids is 5. The number of nitrogens with zero attached hydrogens (tertiary/aromatic N) is 4. The van der Waals surface area contributed by atoms with Gasteiger partial charge in [-0.15, -0.1) is 0 Å². The molecular weight excluding hydrogens is 1700 g/mol. The summed E-state index contributed by atoms with van der Waals surface area (Å²) in [6, 6.07) is 25.2. The van der Waals surface area contributed by atoms with Gasteiger partial charge in [-0.3, -0.25) is 34.3 Å². The third-order valence-corrected chi connectivity index (χ3v) is 30.5. The number of nitrogens with two attached hydrogens (primary N) is 2. The summed E-state index contributed by atoms with van der Waals surface area (Å²) in [5.41, 5.74) is 19.5. The number of hydrogen-bond donors (Lipinski definition) is 6. The van der Waals surface area contributed by atoms with Crippen LogP contribution < -0.4 is 32.7 Å². The first kappa shape index (κ1) is 92.6. The number of aliphatic imine (C=N–C) groups is 2. The fourth-order valence-corrected chi connectivity index (χ4v) is 23.7. The van der Waals surface area contributed by atoms with E-state index in [4.69, 9.17) is 46.9 Å². The van der Waals surface area contributed by atoms with Crippen molar-refractivity contribution in [3.05, 3.63) is 140 Å². The minimum absolute atomic E-state index is 0. The largest absolute Gasteiger partial charge is 0.381 e. The van der Waals surface area contributed by atoms with Crippen molar-refractivity contribution in [2.24, 2.45) is 66.8 Å². The number of fused-ring (bicyclic) bond motifs is 12. The number of thiocarbonyl (C=S) groups is 1. The average molecular weight is 1830 g/mol. The summed E-state index contributed by atoms with van der Waals surface area (Å²) >= 11 is 9.43. The van der Waals surface area contributed by atoms with Crippen molar-refractivity contribution in [3.63, 3.8) is 0 Å².